The maximum absolute atomic E-state index is 10.6. The molecule has 3 aliphatic carbocycles. The highest BCUT2D eigenvalue weighted by molar-refractivity contribution is 9.10. The van der Waals surface area contributed by atoms with E-state index in [4.69, 9.17) is 0 Å². The lowest BCUT2D eigenvalue weighted by Crippen LogP contribution is -2.06. The second-order valence-corrected chi connectivity index (χ2v) is 8.21. The van der Waals surface area contributed by atoms with E-state index in [0.717, 1.165) is 28.1 Å². The van der Waals surface area contributed by atoms with Gasteiger partial charge in [-0.15, -0.1) is 11.3 Å². The Hall–Kier alpha value is 0.140. The minimum Gasteiger partial charge on any atom is -0.387 e. The van der Waals surface area contributed by atoms with Gasteiger partial charge in [0, 0.05) is 14.2 Å². The molecule has 17 heavy (non-hydrogen) atoms. The van der Waals surface area contributed by atoms with E-state index in [1.807, 2.05) is 0 Å². The van der Waals surface area contributed by atoms with Crippen LogP contribution in [-0.2, 0) is 0 Å². The molecule has 92 valence electrons. The topological polar surface area (TPSA) is 20.2 Å². The van der Waals surface area contributed by atoms with Crippen molar-refractivity contribution in [3.63, 3.8) is 0 Å². The molecule has 3 heteroatoms. The normalized spacial score (nSPS) is 43.8. The lowest BCUT2D eigenvalue weighted by molar-refractivity contribution is 0.133. The van der Waals surface area contributed by atoms with Gasteiger partial charge in [-0.25, -0.2) is 0 Å². The lowest BCUT2D eigenvalue weighted by atomic mass is 9.98. The van der Waals surface area contributed by atoms with E-state index < -0.39 is 0 Å². The third-order valence-corrected chi connectivity index (χ3v) is 7.53. The molecule has 0 aromatic carbocycles. The number of hydrogen-bond donors (Lipinski definition) is 1. The zero-order valence-corrected chi connectivity index (χ0v) is 12.3. The Balaban J connectivity index is 1.57. The van der Waals surface area contributed by atoms with Crippen LogP contribution >= 0.6 is 27.3 Å². The van der Waals surface area contributed by atoms with Gasteiger partial charge in [-0.3, -0.25) is 0 Å². The number of rotatable bonds is 2. The monoisotopic (exact) mass is 312 g/mol. The number of aliphatic hydroxyl groups excluding tert-OH is 1. The molecule has 1 aromatic heterocycles. The van der Waals surface area contributed by atoms with Crippen LogP contribution in [0.5, 0.6) is 0 Å². The van der Waals surface area contributed by atoms with E-state index in [0.29, 0.717) is 5.92 Å². The molecule has 1 heterocycles. The van der Waals surface area contributed by atoms with Gasteiger partial charge in [0.1, 0.15) is 0 Å². The number of aliphatic hydroxyl groups is 1. The SMILES string of the molecule is Cc1sc(C(O)C2C3C4CCC(C4)C32)cc1Br. The van der Waals surface area contributed by atoms with Crippen molar-refractivity contribution < 1.29 is 5.11 Å². The number of fused-ring (bicyclic) bond motifs is 5. The highest BCUT2D eigenvalue weighted by Gasteiger charge is 2.66. The van der Waals surface area contributed by atoms with Crippen molar-refractivity contribution in [2.75, 3.05) is 0 Å². The van der Waals surface area contributed by atoms with E-state index in [-0.39, 0.29) is 6.10 Å². The van der Waals surface area contributed by atoms with Gasteiger partial charge >= 0.3 is 0 Å². The molecule has 3 aliphatic rings. The smallest absolute Gasteiger partial charge is 0.0916 e. The first-order valence-corrected chi connectivity index (χ1v) is 8.21. The molecule has 0 saturated heterocycles. The van der Waals surface area contributed by atoms with Crippen LogP contribution in [0, 0.1) is 36.5 Å². The van der Waals surface area contributed by atoms with Crippen molar-refractivity contribution in [3.8, 4) is 0 Å². The molecule has 3 saturated carbocycles. The van der Waals surface area contributed by atoms with Gasteiger partial charge in [-0.1, -0.05) is 0 Å². The summed E-state index contributed by atoms with van der Waals surface area (Å²) in [6, 6.07) is 2.13. The van der Waals surface area contributed by atoms with Gasteiger partial charge in [0.05, 0.1) is 6.10 Å². The molecular weight excluding hydrogens is 296 g/mol. The fourth-order valence-corrected chi connectivity index (χ4v) is 6.24. The van der Waals surface area contributed by atoms with Crippen molar-refractivity contribution in [2.45, 2.75) is 32.3 Å². The molecule has 4 rings (SSSR count). The summed E-state index contributed by atoms with van der Waals surface area (Å²) in [5.41, 5.74) is 0. The number of aryl methyl sites for hydroxylation is 1. The number of thiophene rings is 1. The van der Waals surface area contributed by atoms with E-state index in [2.05, 4.69) is 28.9 Å². The minimum absolute atomic E-state index is 0.191. The van der Waals surface area contributed by atoms with Crippen LogP contribution in [0.4, 0.5) is 0 Å². The predicted octanol–water partition coefficient (Wildman–Crippen LogP) is 4.14. The summed E-state index contributed by atoms with van der Waals surface area (Å²) in [6.07, 6.45) is 4.14. The van der Waals surface area contributed by atoms with E-state index in [9.17, 15) is 5.11 Å². The van der Waals surface area contributed by atoms with E-state index in [1.54, 1.807) is 11.3 Å². The Kier molecular flexibility index (Phi) is 2.32. The molecule has 5 atom stereocenters. The number of hydrogen-bond acceptors (Lipinski definition) is 2. The minimum atomic E-state index is -0.191. The fourth-order valence-electron chi connectivity index (χ4n) is 4.63. The fraction of sp³-hybridized carbons (Fsp3) is 0.714. The molecule has 1 nitrogen and oxygen atoms in total. The second kappa shape index (κ2) is 3.58. The average molecular weight is 313 g/mol. The van der Waals surface area contributed by atoms with Crippen molar-refractivity contribution in [2.24, 2.45) is 29.6 Å². The first kappa shape index (κ1) is 11.0. The Morgan fingerprint density at radius 3 is 2.53 bits per heavy atom. The van der Waals surface area contributed by atoms with Gasteiger partial charge in [-0.05, 0) is 77.8 Å². The van der Waals surface area contributed by atoms with Crippen LogP contribution in [0.15, 0.2) is 10.5 Å². The molecule has 0 radical (unpaired) electrons. The number of halogens is 1. The van der Waals surface area contributed by atoms with Gasteiger partial charge in [0.25, 0.3) is 0 Å². The summed E-state index contributed by atoms with van der Waals surface area (Å²) in [6.45, 7) is 2.11. The molecule has 5 unspecified atom stereocenters. The van der Waals surface area contributed by atoms with Crippen LogP contribution in [-0.4, -0.2) is 5.11 Å². The van der Waals surface area contributed by atoms with Crippen LogP contribution < -0.4 is 0 Å². The standard InChI is InChI=1S/C14H17BrOS/c1-6-9(15)5-10(17-6)14(16)13-11-7-2-3-8(4-7)12(11)13/h5,7-8,11-14,16H,2-4H2,1H3. The molecule has 2 bridgehead atoms. The van der Waals surface area contributed by atoms with Crippen molar-refractivity contribution in [1.29, 1.82) is 0 Å². The van der Waals surface area contributed by atoms with Gasteiger partial charge in [0.2, 0.25) is 0 Å². The summed E-state index contributed by atoms with van der Waals surface area (Å²) in [5, 5.41) is 10.6. The van der Waals surface area contributed by atoms with Gasteiger partial charge in [-0.2, -0.15) is 0 Å². The molecule has 0 spiro atoms. The van der Waals surface area contributed by atoms with E-state index >= 15 is 0 Å². The quantitative estimate of drug-likeness (QED) is 0.870. The van der Waals surface area contributed by atoms with Crippen LogP contribution in [0.3, 0.4) is 0 Å². The summed E-state index contributed by atoms with van der Waals surface area (Å²) >= 11 is 5.31. The molecule has 1 N–H and O–H groups in total. The Morgan fingerprint density at radius 1 is 1.35 bits per heavy atom. The van der Waals surface area contributed by atoms with Crippen LogP contribution in [0.25, 0.3) is 0 Å². The highest BCUT2D eigenvalue weighted by Crippen LogP contribution is 2.72. The van der Waals surface area contributed by atoms with Crippen LogP contribution in [0.1, 0.15) is 35.1 Å². The molecule has 1 aromatic rings. The molecule has 0 amide bonds. The first-order valence-electron chi connectivity index (χ1n) is 6.60. The highest BCUT2D eigenvalue weighted by atomic mass is 79.9. The van der Waals surface area contributed by atoms with Crippen LogP contribution in [0.2, 0.25) is 0 Å². The van der Waals surface area contributed by atoms with Gasteiger partial charge < -0.3 is 5.11 Å². The zero-order valence-electron chi connectivity index (χ0n) is 9.90. The largest absolute Gasteiger partial charge is 0.387 e. The third-order valence-electron chi connectivity index (χ3n) is 5.33. The summed E-state index contributed by atoms with van der Waals surface area (Å²) in [4.78, 5) is 2.46. The lowest BCUT2D eigenvalue weighted by Gasteiger charge is -2.13. The Morgan fingerprint density at radius 2 is 2.00 bits per heavy atom. The molecular formula is C14H17BrOS. The maximum Gasteiger partial charge on any atom is 0.0916 e. The van der Waals surface area contributed by atoms with E-state index in [1.165, 1.54) is 29.0 Å². The average Bonchev–Trinajstić information content (AvgIpc) is 2.60. The first-order chi connectivity index (χ1) is 8.16. The van der Waals surface area contributed by atoms with Crippen molar-refractivity contribution in [3.05, 3.63) is 20.3 Å². The Labute approximate surface area is 114 Å². The summed E-state index contributed by atoms with van der Waals surface area (Å²) in [5.74, 6) is 4.23. The van der Waals surface area contributed by atoms with Crippen molar-refractivity contribution >= 4 is 27.3 Å². The second-order valence-electron chi connectivity index (χ2n) is 6.06. The summed E-state index contributed by atoms with van der Waals surface area (Å²) in [7, 11) is 0. The predicted molar refractivity (Wildman–Crippen MR) is 73.0 cm³/mol. The van der Waals surface area contributed by atoms with Crippen molar-refractivity contribution in [1.82, 2.24) is 0 Å². The summed E-state index contributed by atoms with van der Waals surface area (Å²) < 4.78 is 1.16. The zero-order chi connectivity index (χ0) is 11.7. The maximum atomic E-state index is 10.6. The third kappa shape index (κ3) is 1.45. The Bertz CT molecular complexity index is 433. The van der Waals surface area contributed by atoms with Gasteiger partial charge in [0.15, 0.2) is 0 Å². The molecule has 0 aliphatic heterocycles. The molecule has 3 fully saturated rings.